The number of carbonyl (C=O) groups excluding carboxylic acids is 1. The third-order valence-corrected chi connectivity index (χ3v) is 3.35. The maximum Gasteiger partial charge on any atom is 0.490 e. The van der Waals surface area contributed by atoms with Gasteiger partial charge in [0.2, 0.25) is 0 Å². The number of carbonyl (C=O) groups is 1. The van der Waals surface area contributed by atoms with Gasteiger partial charge in [0.05, 0.1) is 5.54 Å². The summed E-state index contributed by atoms with van der Waals surface area (Å²) in [6, 6.07) is 9.33. The number of hydrogen-bond donors (Lipinski definition) is 2. The molecule has 1 atom stereocenters. The lowest BCUT2D eigenvalue weighted by Gasteiger charge is -2.31. The monoisotopic (exact) mass is 326 g/mol. The quantitative estimate of drug-likeness (QED) is 0.644. The van der Waals surface area contributed by atoms with Crippen LogP contribution in [0.1, 0.15) is 12.0 Å². The smallest absolute Gasteiger partial charge is 0.456 e. The van der Waals surface area contributed by atoms with E-state index in [4.69, 9.17) is 5.73 Å². The Hall–Kier alpha value is -2.28. The Balaban J connectivity index is 2.09. The Bertz CT molecular complexity index is 612. The highest BCUT2D eigenvalue weighted by Gasteiger charge is 2.42. The molecule has 0 saturated heterocycles. The average molecular weight is 326 g/mol. The van der Waals surface area contributed by atoms with Crippen molar-refractivity contribution in [1.29, 1.82) is 0 Å². The summed E-state index contributed by atoms with van der Waals surface area (Å²) in [5.74, 6) is -2.22. The second-order valence-corrected chi connectivity index (χ2v) is 5.28. The van der Waals surface area contributed by atoms with Gasteiger partial charge in [0.1, 0.15) is 6.61 Å². The number of nitrogens with two attached hydrogens (primary N) is 1. The van der Waals surface area contributed by atoms with Crippen LogP contribution >= 0.6 is 0 Å². The van der Waals surface area contributed by atoms with E-state index < -0.39 is 24.3 Å². The van der Waals surface area contributed by atoms with Crippen LogP contribution in [-0.2, 0) is 16.1 Å². The number of esters is 1. The molecule has 1 aromatic rings. The largest absolute Gasteiger partial charge is 0.490 e. The van der Waals surface area contributed by atoms with Crippen molar-refractivity contribution in [3.8, 4) is 0 Å². The summed E-state index contributed by atoms with van der Waals surface area (Å²) >= 11 is 0. The van der Waals surface area contributed by atoms with E-state index in [9.17, 15) is 18.0 Å². The first-order valence-electron chi connectivity index (χ1n) is 6.99. The molecule has 0 spiro atoms. The van der Waals surface area contributed by atoms with Gasteiger partial charge in [0, 0.05) is 18.7 Å². The molecule has 4 nitrogen and oxygen atoms in total. The second kappa shape index (κ2) is 6.87. The molecule has 1 aliphatic rings. The van der Waals surface area contributed by atoms with Crippen molar-refractivity contribution in [2.75, 3.05) is 6.61 Å². The summed E-state index contributed by atoms with van der Waals surface area (Å²) in [6.07, 6.45) is 0.459. The fourth-order valence-electron chi connectivity index (χ4n) is 2.22. The number of nitrogens with one attached hydrogen (secondary N) is 1. The van der Waals surface area contributed by atoms with Crippen LogP contribution in [0, 0.1) is 0 Å². The zero-order chi connectivity index (χ0) is 16.9. The summed E-state index contributed by atoms with van der Waals surface area (Å²) in [6.45, 7) is -0.103. The minimum Gasteiger partial charge on any atom is -0.456 e. The van der Waals surface area contributed by atoms with Crippen molar-refractivity contribution in [1.82, 2.24) is 5.32 Å². The minimum absolute atomic E-state index is 0.387. The van der Waals surface area contributed by atoms with Crippen molar-refractivity contribution in [2.45, 2.75) is 24.7 Å². The molecule has 3 N–H and O–H groups in total. The summed E-state index contributed by atoms with van der Waals surface area (Å²) in [5, 5.41) is 3.10. The Labute approximate surface area is 131 Å². The first-order valence-corrected chi connectivity index (χ1v) is 6.99. The van der Waals surface area contributed by atoms with E-state index in [0.717, 1.165) is 5.56 Å². The molecule has 0 heterocycles. The minimum atomic E-state index is -5.02. The fraction of sp³-hybridized carbons (Fsp3) is 0.312. The van der Waals surface area contributed by atoms with E-state index in [2.05, 4.69) is 10.1 Å². The van der Waals surface area contributed by atoms with Gasteiger partial charge in [0.15, 0.2) is 0 Å². The third kappa shape index (κ3) is 4.85. The van der Waals surface area contributed by atoms with Gasteiger partial charge in [-0.1, -0.05) is 42.5 Å². The Morgan fingerprint density at radius 3 is 2.61 bits per heavy atom. The van der Waals surface area contributed by atoms with Crippen molar-refractivity contribution < 1.29 is 22.7 Å². The summed E-state index contributed by atoms with van der Waals surface area (Å²) in [5.41, 5.74) is 6.16. The van der Waals surface area contributed by atoms with Crippen LogP contribution in [0.15, 0.2) is 54.3 Å². The van der Waals surface area contributed by atoms with Crippen LogP contribution in [0.4, 0.5) is 13.2 Å². The normalized spacial score (nSPS) is 20.9. The van der Waals surface area contributed by atoms with Gasteiger partial charge in [0.25, 0.3) is 0 Å². The molecule has 0 aliphatic heterocycles. The van der Waals surface area contributed by atoms with Crippen molar-refractivity contribution in [3.05, 3.63) is 59.8 Å². The topological polar surface area (TPSA) is 64.3 Å². The SMILES string of the molecule is NC1=CC(COC(=O)C(F)(F)F)(NCc2ccccc2)C=CC1. The molecule has 1 aliphatic carbocycles. The van der Waals surface area contributed by atoms with Crippen molar-refractivity contribution >= 4 is 5.97 Å². The lowest BCUT2D eigenvalue weighted by molar-refractivity contribution is -0.200. The molecule has 23 heavy (non-hydrogen) atoms. The maximum absolute atomic E-state index is 12.3. The van der Waals surface area contributed by atoms with Gasteiger partial charge in [-0.15, -0.1) is 0 Å². The predicted molar refractivity (Wildman–Crippen MR) is 79.1 cm³/mol. The Morgan fingerprint density at radius 2 is 2.00 bits per heavy atom. The second-order valence-electron chi connectivity index (χ2n) is 5.28. The standard InChI is InChI=1S/C16H17F3N2O2/c17-16(18,19)14(22)23-11-15(8-4-7-13(20)9-15)21-10-12-5-2-1-3-6-12/h1-6,8-9,21H,7,10-11,20H2. The van der Waals surface area contributed by atoms with E-state index in [1.807, 2.05) is 30.3 Å². The lowest BCUT2D eigenvalue weighted by atomic mass is 9.92. The van der Waals surface area contributed by atoms with Crippen molar-refractivity contribution in [2.24, 2.45) is 5.73 Å². The summed E-state index contributed by atoms with van der Waals surface area (Å²) in [4.78, 5) is 11.0. The van der Waals surface area contributed by atoms with Crippen LogP contribution in [0.2, 0.25) is 0 Å². The van der Waals surface area contributed by atoms with Gasteiger partial charge in [-0.05, 0) is 11.6 Å². The highest BCUT2D eigenvalue weighted by molar-refractivity contribution is 5.75. The molecular formula is C16H17F3N2O2. The third-order valence-electron chi connectivity index (χ3n) is 3.35. The molecule has 0 aromatic heterocycles. The lowest BCUT2D eigenvalue weighted by Crippen LogP contribution is -2.48. The molecule has 0 fully saturated rings. The van der Waals surface area contributed by atoms with E-state index in [1.54, 1.807) is 18.2 Å². The van der Waals surface area contributed by atoms with Gasteiger partial charge in [-0.2, -0.15) is 13.2 Å². The Morgan fingerprint density at radius 1 is 1.30 bits per heavy atom. The van der Waals surface area contributed by atoms with Crippen molar-refractivity contribution in [3.63, 3.8) is 0 Å². The van der Waals surface area contributed by atoms with Crippen LogP contribution in [0.25, 0.3) is 0 Å². The predicted octanol–water partition coefficient (Wildman–Crippen LogP) is 2.42. The highest BCUT2D eigenvalue weighted by atomic mass is 19.4. The summed E-state index contributed by atoms with van der Waals surface area (Å²) < 4.78 is 41.3. The molecule has 124 valence electrons. The number of benzene rings is 1. The van der Waals surface area contributed by atoms with E-state index in [-0.39, 0.29) is 0 Å². The average Bonchev–Trinajstić information content (AvgIpc) is 2.51. The highest BCUT2D eigenvalue weighted by Crippen LogP contribution is 2.22. The number of alkyl halides is 3. The van der Waals surface area contributed by atoms with Crippen LogP contribution in [-0.4, -0.2) is 24.3 Å². The first kappa shape index (κ1) is 17.1. The maximum atomic E-state index is 12.3. The zero-order valence-corrected chi connectivity index (χ0v) is 12.3. The molecule has 1 aromatic carbocycles. The first-order chi connectivity index (χ1) is 10.8. The van der Waals surface area contributed by atoms with Gasteiger partial charge in [-0.3, -0.25) is 5.32 Å². The summed E-state index contributed by atoms with van der Waals surface area (Å²) in [7, 11) is 0. The molecule has 0 saturated carbocycles. The molecule has 1 unspecified atom stereocenters. The molecule has 0 radical (unpaired) electrons. The molecule has 0 bridgehead atoms. The van der Waals surface area contributed by atoms with Gasteiger partial charge < -0.3 is 10.5 Å². The zero-order valence-electron chi connectivity index (χ0n) is 12.3. The Kier molecular flexibility index (Phi) is 5.10. The van der Waals surface area contributed by atoms with Crippen LogP contribution < -0.4 is 11.1 Å². The molecule has 2 rings (SSSR count). The number of ether oxygens (including phenoxy) is 1. The number of hydrogen-bond acceptors (Lipinski definition) is 4. The van der Waals surface area contributed by atoms with Crippen LogP contribution in [0.3, 0.4) is 0 Å². The fourth-order valence-corrected chi connectivity index (χ4v) is 2.22. The number of halogens is 3. The number of allylic oxidation sites excluding steroid dienone is 1. The molecule has 7 heteroatoms. The molecular weight excluding hydrogens is 309 g/mol. The van der Waals surface area contributed by atoms with E-state index in [1.165, 1.54) is 0 Å². The van der Waals surface area contributed by atoms with Gasteiger partial charge >= 0.3 is 12.1 Å². The molecule has 0 amide bonds. The number of rotatable bonds is 5. The van der Waals surface area contributed by atoms with Crippen LogP contribution in [0.5, 0.6) is 0 Å². The van der Waals surface area contributed by atoms with E-state index in [0.29, 0.717) is 18.7 Å². The van der Waals surface area contributed by atoms with E-state index >= 15 is 0 Å². The van der Waals surface area contributed by atoms with Gasteiger partial charge in [-0.25, -0.2) is 4.79 Å².